The third kappa shape index (κ3) is 3.66. The van der Waals surface area contributed by atoms with Crippen LogP contribution in [-0.4, -0.2) is 18.1 Å². The van der Waals surface area contributed by atoms with Gasteiger partial charge >= 0.3 is 0 Å². The van der Waals surface area contributed by atoms with E-state index in [4.69, 9.17) is 0 Å². The van der Waals surface area contributed by atoms with E-state index in [0.717, 1.165) is 11.6 Å². The zero-order chi connectivity index (χ0) is 13.7. The normalized spacial score (nSPS) is 15.4. The van der Waals surface area contributed by atoms with Gasteiger partial charge in [0.05, 0.1) is 0 Å². The zero-order valence-corrected chi connectivity index (χ0v) is 10.8. The van der Waals surface area contributed by atoms with Crippen molar-refractivity contribution in [1.29, 1.82) is 0 Å². The van der Waals surface area contributed by atoms with E-state index in [1.165, 1.54) is 6.92 Å². The largest absolute Gasteiger partial charge is 0.384 e. The topological polar surface area (TPSA) is 46.2 Å². The van der Waals surface area contributed by atoms with Crippen molar-refractivity contribution in [3.63, 3.8) is 0 Å². The molecule has 0 amide bonds. The maximum Gasteiger partial charge on any atom is 0.161 e. The summed E-state index contributed by atoms with van der Waals surface area (Å²) >= 11 is 0. The van der Waals surface area contributed by atoms with Crippen LogP contribution in [-0.2, 0) is 4.79 Å². The van der Waals surface area contributed by atoms with E-state index in [0.29, 0.717) is 18.5 Å². The number of carbonyl (C=O) groups is 2. The molecule has 1 fully saturated rings. The van der Waals surface area contributed by atoms with Crippen LogP contribution >= 0.6 is 0 Å². The summed E-state index contributed by atoms with van der Waals surface area (Å²) in [6.45, 7) is 2.06. The molecule has 1 aliphatic carbocycles. The molecule has 0 heterocycles. The fourth-order valence-electron chi connectivity index (χ4n) is 1.96. The van der Waals surface area contributed by atoms with Crippen LogP contribution in [0, 0.1) is 31.6 Å². The average molecular weight is 254 g/mol. The highest BCUT2D eigenvalue weighted by Crippen LogP contribution is 2.25. The first-order valence-electron chi connectivity index (χ1n) is 6.27. The molecular weight excluding hydrogens is 238 g/mol. The van der Waals surface area contributed by atoms with Gasteiger partial charge in [0.15, 0.2) is 5.78 Å². The Hall–Kier alpha value is -1.64. The number of carbonyl (C=O) groups excluding carboxylic acids is 2. The van der Waals surface area contributed by atoms with Gasteiger partial charge < -0.3 is 5.32 Å². The highest BCUT2D eigenvalue weighted by Gasteiger charge is 2.23. The molecule has 0 unspecified atom stereocenters. The fraction of sp³-hybridized carbons (Fsp3) is 0.188. The number of para-hydroxylation sites is 1. The molecule has 2 rings (SSSR count). The smallest absolute Gasteiger partial charge is 0.161 e. The lowest BCUT2D eigenvalue weighted by atomic mass is 10.00. The Labute approximate surface area is 114 Å². The van der Waals surface area contributed by atoms with Gasteiger partial charge in [-0.3, -0.25) is 9.59 Å². The van der Waals surface area contributed by atoms with Gasteiger partial charge in [-0.05, 0) is 44.7 Å². The highest BCUT2D eigenvalue weighted by atomic mass is 16.1. The molecule has 0 bridgehead atoms. The van der Waals surface area contributed by atoms with E-state index in [9.17, 15) is 9.59 Å². The van der Waals surface area contributed by atoms with Gasteiger partial charge in [0.25, 0.3) is 0 Å². The van der Waals surface area contributed by atoms with Crippen LogP contribution in [0.2, 0.25) is 0 Å². The highest BCUT2D eigenvalue weighted by molar-refractivity contribution is 6.00. The number of hydrogen-bond donors (Lipinski definition) is 1. The quantitative estimate of drug-likeness (QED) is 0.794. The number of benzene rings is 1. The first-order valence-corrected chi connectivity index (χ1v) is 6.27. The van der Waals surface area contributed by atoms with Crippen LogP contribution < -0.4 is 5.32 Å². The molecule has 3 heteroatoms. The van der Waals surface area contributed by atoms with Crippen molar-refractivity contribution >= 4 is 17.3 Å². The molecule has 0 aliphatic heterocycles. The van der Waals surface area contributed by atoms with Crippen molar-refractivity contribution in [1.82, 2.24) is 0 Å². The minimum Gasteiger partial charge on any atom is -0.384 e. The van der Waals surface area contributed by atoms with Crippen LogP contribution in [0.15, 0.2) is 24.3 Å². The third-order valence-electron chi connectivity index (χ3n) is 2.96. The van der Waals surface area contributed by atoms with Gasteiger partial charge in [0.2, 0.25) is 0 Å². The first kappa shape index (κ1) is 13.8. The number of nitrogens with one attached hydrogen (secondary N) is 1. The van der Waals surface area contributed by atoms with Gasteiger partial charge in [0, 0.05) is 30.1 Å². The van der Waals surface area contributed by atoms with E-state index in [1.807, 2.05) is 43.9 Å². The van der Waals surface area contributed by atoms with Crippen LogP contribution in [0.3, 0.4) is 0 Å². The van der Waals surface area contributed by atoms with Crippen molar-refractivity contribution in [2.75, 3.05) is 11.9 Å². The Bertz CT molecular complexity index is 462. The van der Waals surface area contributed by atoms with Crippen molar-refractivity contribution in [2.45, 2.75) is 13.3 Å². The molecule has 0 atom stereocenters. The SMILES string of the molecule is CC(=O)c1ccccc1NCCC(=O)[C]1[CH][CH][CH][CH]1. The second-order valence-electron chi connectivity index (χ2n) is 4.38. The Morgan fingerprint density at radius 2 is 1.79 bits per heavy atom. The summed E-state index contributed by atoms with van der Waals surface area (Å²) in [6.07, 6.45) is 7.74. The number of Topliss-reactive ketones (excluding diaryl/α,β-unsaturated/α-hetero) is 2. The van der Waals surface area contributed by atoms with E-state index in [1.54, 1.807) is 6.07 Å². The van der Waals surface area contributed by atoms with Gasteiger partial charge in [-0.1, -0.05) is 12.1 Å². The van der Waals surface area contributed by atoms with Crippen molar-refractivity contribution in [3.8, 4) is 0 Å². The maximum atomic E-state index is 11.8. The second kappa shape index (κ2) is 6.50. The molecule has 0 aromatic heterocycles. The Morgan fingerprint density at radius 3 is 2.47 bits per heavy atom. The van der Waals surface area contributed by atoms with Crippen molar-refractivity contribution < 1.29 is 9.59 Å². The number of hydrogen-bond acceptors (Lipinski definition) is 3. The number of anilines is 1. The van der Waals surface area contributed by atoms with Crippen LogP contribution in [0.25, 0.3) is 0 Å². The van der Waals surface area contributed by atoms with Gasteiger partial charge in [-0.25, -0.2) is 0 Å². The summed E-state index contributed by atoms with van der Waals surface area (Å²) in [5.74, 6) is 0.866. The summed E-state index contributed by atoms with van der Waals surface area (Å²) in [4.78, 5) is 23.3. The molecule has 0 spiro atoms. The van der Waals surface area contributed by atoms with Crippen LogP contribution in [0.4, 0.5) is 5.69 Å². The Morgan fingerprint density at radius 1 is 1.11 bits per heavy atom. The number of rotatable bonds is 6. The van der Waals surface area contributed by atoms with Gasteiger partial charge in [-0.15, -0.1) is 0 Å². The summed E-state index contributed by atoms with van der Waals surface area (Å²) in [5, 5.41) is 3.15. The standard InChI is InChI=1S/C16H16NO2/c1-12(18)14-8-4-5-9-15(14)17-11-10-16(19)13-6-2-3-7-13/h2-9,17H,10-11H2,1H3. The second-order valence-corrected chi connectivity index (χ2v) is 4.38. The Kier molecular flexibility index (Phi) is 4.72. The van der Waals surface area contributed by atoms with Crippen molar-refractivity contribution in [2.24, 2.45) is 0 Å². The lowest BCUT2D eigenvalue weighted by molar-refractivity contribution is -0.116. The summed E-state index contributed by atoms with van der Waals surface area (Å²) < 4.78 is 0. The molecular formula is C16H16NO2. The molecule has 5 radical (unpaired) electrons. The molecule has 97 valence electrons. The van der Waals surface area contributed by atoms with Gasteiger partial charge in [-0.2, -0.15) is 0 Å². The van der Waals surface area contributed by atoms with Crippen molar-refractivity contribution in [3.05, 3.63) is 61.4 Å². The third-order valence-corrected chi connectivity index (χ3v) is 2.96. The lowest BCUT2D eigenvalue weighted by Crippen LogP contribution is -2.15. The predicted octanol–water partition coefficient (Wildman–Crippen LogP) is 2.67. The molecule has 1 aromatic carbocycles. The molecule has 19 heavy (non-hydrogen) atoms. The molecule has 1 saturated carbocycles. The minimum absolute atomic E-state index is 0.0189. The monoisotopic (exact) mass is 254 g/mol. The first-order chi connectivity index (χ1) is 9.18. The van der Waals surface area contributed by atoms with E-state index in [-0.39, 0.29) is 11.6 Å². The minimum atomic E-state index is 0.0189. The Balaban J connectivity index is 1.85. The summed E-state index contributed by atoms with van der Waals surface area (Å²) in [7, 11) is 0. The molecule has 3 nitrogen and oxygen atoms in total. The van der Waals surface area contributed by atoms with Crippen LogP contribution in [0.5, 0.6) is 0 Å². The molecule has 1 aromatic rings. The predicted molar refractivity (Wildman–Crippen MR) is 75.0 cm³/mol. The summed E-state index contributed by atoms with van der Waals surface area (Å²) in [6, 6.07) is 7.33. The fourth-order valence-corrected chi connectivity index (χ4v) is 1.96. The molecule has 1 N–H and O–H groups in total. The van der Waals surface area contributed by atoms with E-state index >= 15 is 0 Å². The van der Waals surface area contributed by atoms with E-state index in [2.05, 4.69) is 5.32 Å². The number of ketones is 2. The lowest BCUT2D eigenvalue weighted by Gasteiger charge is -2.11. The van der Waals surface area contributed by atoms with Gasteiger partial charge in [0.1, 0.15) is 5.78 Å². The average Bonchev–Trinajstić information content (AvgIpc) is 2.93. The summed E-state index contributed by atoms with van der Waals surface area (Å²) in [5.41, 5.74) is 1.44. The van der Waals surface area contributed by atoms with E-state index < -0.39 is 0 Å². The van der Waals surface area contributed by atoms with Crippen LogP contribution in [0.1, 0.15) is 23.7 Å². The maximum absolute atomic E-state index is 11.8. The molecule has 0 saturated heterocycles. The molecule has 1 aliphatic rings. The zero-order valence-electron chi connectivity index (χ0n) is 10.8.